The van der Waals surface area contributed by atoms with Gasteiger partial charge in [0.1, 0.15) is 0 Å². The summed E-state index contributed by atoms with van der Waals surface area (Å²) >= 11 is 0. The molecule has 0 amide bonds. The molecule has 2 aromatic carbocycles. The standard InChI is InChI=1S/C19H15/c1-15-12-13-18(14-15)19(16-8-4-2-5-9-16)17-10-6-3-7-11-17/h2-12,14H,1H3. The maximum absolute atomic E-state index is 3.37. The molecular weight excluding hydrogens is 228 g/mol. The zero-order valence-electron chi connectivity index (χ0n) is 10.9. The molecule has 2 aromatic rings. The predicted octanol–water partition coefficient (Wildman–Crippen LogP) is 4.81. The normalized spacial score (nSPS) is 13.5. The highest BCUT2D eigenvalue weighted by molar-refractivity contribution is 5.85. The van der Waals surface area contributed by atoms with Crippen LogP contribution >= 0.6 is 0 Å². The third kappa shape index (κ3) is 2.43. The Kier molecular flexibility index (Phi) is 3.16. The maximum Gasteiger partial charge on any atom is -0.00325 e. The summed E-state index contributed by atoms with van der Waals surface area (Å²) in [6, 6.07) is 21.0. The monoisotopic (exact) mass is 243 g/mol. The molecule has 0 saturated heterocycles. The SMILES string of the molecule is CC1=CC(=C(c2ccccc2)c2ccccc2)[C]=C1. The summed E-state index contributed by atoms with van der Waals surface area (Å²) in [6.07, 6.45) is 7.60. The number of benzene rings is 2. The smallest absolute Gasteiger partial charge is 0.00325 e. The molecule has 0 saturated carbocycles. The van der Waals surface area contributed by atoms with Crippen molar-refractivity contribution in [3.63, 3.8) is 0 Å². The Hall–Kier alpha value is -2.34. The van der Waals surface area contributed by atoms with E-state index in [1.807, 2.05) is 18.2 Å². The zero-order chi connectivity index (χ0) is 13.1. The van der Waals surface area contributed by atoms with Crippen molar-refractivity contribution in [3.05, 3.63) is 101 Å². The van der Waals surface area contributed by atoms with Crippen molar-refractivity contribution < 1.29 is 0 Å². The molecule has 0 nitrogen and oxygen atoms in total. The van der Waals surface area contributed by atoms with Crippen LogP contribution in [-0.4, -0.2) is 0 Å². The van der Waals surface area contributed by atoms with Crippen LogP contribution in [0.2, 0.25) is 0 Å². The average molecular weight is 243 g/mol. The zero-order valence-corrected chi connectivity index (χ0v) is 10.9. The molecular formula is C19H15. The van der Waals surface area contributed by atoms with E-state index >= 15 is 0 Å². The number of hydrogen-bond donors (Lipinski definition) is 0. The Morgan fingerprint density at radius 3 is 1.74 bits per heavy atom. The minimum Gasteiger partial charge on any atom is -0.0622 e. The molecule has 1 radical (unpaired) electrons. The van der Waals surface area contributed by atoms with Crippen LogP contribution in [0.1, 0.15) is 18.1 Å². The highest BCUT2D eigenvalue weighted by Crippen LogP contribution is 2.30. The second kappa shape index (κ2) is 5.11. The van der Waals surface area contributed by atoms with Crippen molar-refractivity contribution in [3.8, 4) is 0 Å². The van der Waals surface area contributed by atoms with Crippen molar-refractivity contribution in [1.29, 1.82) is 0 Å². The lowest BCUT2D eigenvalue weighted by Crippen LogP contribution is -1.91. The van der Waals surface area contributed by atoms with Gasteiger partial charge in [0.2, 0.25) is 0 Å². The average Bonchev–Trinajstić information content (AvgIpc) is 2.88. The van der Waals surface area contributed by atoms with Crippen molar-refractivity contribution in [1.82, 2.24) is 0 Å². The summed E-state index contributed by atoms with van der Waals surface area (Å²) in [5, 5.41) is 0. The van der Waals surface area contributed by atoms with Crippen LogP contribution in [0.4, 0.5) is 0 Å². The number of rotatable bonds is 2. The predicted molar refractivity (Wildman–Crippen MR) is 80.5 cm³/mol. The van der Waals surface area contributed by atoms with Gasteiger partial charge in [-0.3, -0.25) is 0 Å². The molecule has 0 fully saturated rings. The van der Waals surface area contributed by atoms with E-state index < -0.39 is 0 Å². The molecule has 19 heavy (non-hydrogen) atoms. The van der Waals surface area contributed by atoms with E-state index in [1.54, 1.807) is 0 Å². The fourth-order valence-corrected chi connectivity index (χ4v) is 2.33. The Morgan fingerprint density at radius 1 is 0.789 bits per heavy atom. The Balaban J connectivity index is 2.22. The quantitative estimate of drug-likeness (QED) is 0.710. The van der Waals surface area contributed by atoms with Crippen LogP contribution in [0.15, 0.2) is 84.0 Å². The lowest BCUT2D eigenvalue weighted by Gasteiger charge is -2.10. The molecule has 0 bridgehead atoms. The second-order valence-electron chi connectivity index (χ2n) is 4.70. The minimum absolute atomic E-state index is 1.16. The Morgan fingerprint density at radius 2 is 1.32 bits per heavy atom. The van der Waals surface area contributed by atoms with E-state index in [0.29, 0.717) is 0 Å². The molecule has 3 rings (SSSR count). The van der Waals surface area contributed by atoms with Crippen LogP contribution in [-0.2, 0) is 0 Å². The first kappa shape index (κ1) is 11.7. The van der Waals surface area contributed by atoms with Crippen molar-refractivity contribution in [2.75, 3.05) is 0 Å². The highest BCUT2D eigenvalue weighted by Gasteiger charge is 2.11. The van der Waals surface area contributed by atoms with Crippen LogP contribution < -0.4 is 0 Å². The summed E-state index contributed by atoms with van der Waals surface area (Å²) in [5.74, 6) is 0. The summed E-state index contributed by atoms with van der Waals surface area (Å²) in [4.78, 5) is 0. The molecule has 1 aliphatic rings. The van der Waals surface area contributed by atoms with Gasteiger partial charge in [-0.15, -0.1) is 0 Å². The molecule has 0 atom stereocenters. The van der Waals surface area contributed by atoms with Crippen LogP contribution in [0.25, 0.3) is 5.57 Å². The minimum atomic E-state index is 1.16. The highest BCUT2D eigenvalue weighted by atomic mass is 14.1. The molecule has 0 aromatic heterocycles. The van der Waals surface area contributed by atoms with Gasteiger partial charge in [-0.1, -0.05) is 72.8 Å². The fourth-order valence-electron chi connectivity index (χ4n) is 2.33. The van der Waals surface area contributed by atoms with Crippen molar-refractivity contribution in [2.45, 2.75) is 6.92 Å². The molecule has 0 aliphatic heterocycles. The lowest BCUT2D eigenvalue weighted by atomic mass is 9.93. The van der Waals surface area contributed by atoms with E-state index in [9.17, 15) is 0 Å². The Bertz CT molecular complexity index is 614. The maximum atomic E-state index is 3.37. The molecule has 0 heterocycles. The summed E-state index contributed by atoms with van der Waals surface area (Å²) in [7, 11) is 0. The van der Waals surface area contributed by atoms with Gasteiger partial charge in [-0.05, 0) is 40.8 Å². The van der Waals surface area contributed by atoms with Crippen molar-refractivity contribution in [2.24, 2.45) is 0 Å². The fraction of sp³-hybridized carbons (Fsp3) is 0.0526. The summed E-state index contributed by atoms with van der Waals surface area (Å²) in [6.45, 7) is 2.10. The van der Waals surface area contributed by atoms with Gasteiger partial charge in [0, 0.05) is 0 Å². The molecule has 0 heteroatoms. The van der Waals surface area contributed by atoms with Crippen LogP contribution in [0, 0.1) is 6.08 Å². The topological polar surface area (TPSA) is 0 Å². The van der Waals surface area contributed by atoms with E-state index in [1.165, 1.54) is 22.3 Å². The van der Waals surface area contributed by atoms with E-state index in [2.05, 4.69) is 67.6 Å². The Labute approximate surface area is 114 Å². The summed E-state index contributed by atoms with van der Waals surface area (Å²) < 4.78 is 0. The van der Waals surface area contributed by atoms with E-state index in [-0.39, 0.29) is 0 Å². The number of hydrogen-bond acceptors (Lipinski definition) is 0. The number of allylic oxidation sites excluding steroid dienone is 5. The molecule has 0 unspecified atom stereocenters. The van der Waals surface area contributed by atoms with Gasteiger partial charge in [-0.25, -0.2) is 0 Å². The van der Waals surface area contributed by atoms with Gasteiger partial charge in [-0.2, -0.15) is 0 Å². The van der Waals surface area contributed by atoms with Crippen LogP contribution in [0.3, 0.4) is 0 Å². The van der Waals surface area contributed by atoms with E-state index in [0.717, 1.165) is 5.57 Å². The second-order valence-corrected chi connectivity index (χ2v) is 4.70. The molecule has 91 valence electrons. The summed E-state index contributed by atoms with van der Waals surface area (Å²) in [5.41, 5.74) is 6.12. The van der Waals surface area contributed by atoms with Gasteiger partial charge in [0.25, 0.3) is 0 Å². The van der Waals surface area contributed by atoms with Gasteiger partial charge < -0.3 is 0 Å². The molecule has 0 spiro atoms. The largest absolute Gasteiger partial charge is 0.0622 e. The lowest BCUT2D eigenvalue weighted by molar-refractivity contribution is 1.51. The van der Waals surface area contributed by atoms with Crippen molar-refractivity contribution >= 4 is 5.57 Å². The first-order chi connectivity index (χ1) is 9.34. The van der Waals surface area contributed by atoms with Gasteiger partial charge in [0.05, 0.1) is 0 Å². The third-order valence-electron chi connectivity index (χ3n) is 3.22. The van der Waals surface area contributed by atoms with E-state index in [4.69, 9.17) is 0 Å². The van der Waals surface area contributed by atoms with Gasteiger partial charge in [0.15, 0.2) is 0 Å². The molecule has 1 aliphatic carbocycles. The first-order valence-electron chi connectivity index (χ1n) is 6.48. The molecule has 0 N–H and O–H groups in total. The van der Waals surface area contributed by atoms with Gasteiger partial charge >= 0.3 is 0 Å². The third-order valence-corrected chi connectivity index (χ3v) is 3.22. The first-order valence-corrected chi connectivity index (χ1v) is 6.48. The van der Waals surface area contributed by atoms with Crippen LogP contribution in [0.5, 0.6) is 0 Å².